The second-order valence-corrected chi connectivity index (χ2v) is 9.71. The first-order chi connectivity index (χ1) is 16.6. The number of anilines is 1. The van der Waals surface area contributed by atoms with Gasteiger partial charge < -0.3 is 9.84 Å². The van der Waals surface area contributed by atoms with E-state index in [1.807, 2.05) is 0 Å². The van der Waals surface area contributed by atoms with E-state index in [0.717, 1.165) is 26.8 Å². The molecule has 1 unspecified atom stereocenters. The van der Waals surface area contributed by atoms with Crippen molar-refractivity contribution in [2.45, 2.75) is 26.8 Å². The lowest BCUT2D eigenvalue weighted by Crippen LogP contribution is -2.29. The minimum absolute atomic E-state index is 0.0655. The fourth-order valence-electron chi connectivity index (χ4n) is 3.76. The predicted molar refractivity (Wildman–Crippen MR) is 133 cm³/mol. The van der Waals surface area contributed by atoms with E-state index in [4.69, 9.17) is 4.74 Å². The third-order valence-corrected chi connectivity index (χ3v) is 7.19. The lowest BCUT2D eigenvalue weighted by molar-refractivity contribution is -0.132. The molecule has 1 aromatic heterocycles. The Hall–Kier alpha value is -3.37. The van der Waals surface area contributed by atoms with Gasteiger partial charge in [-0.2, -0.15) is 0 Å². The van der Waals surface area contributed by atoms with Crippen LogP contribution in [0.3, 0.4) is 0 Å². The SMILES string of the molecule is CCOC(=O)c1sc(N2C(=O)C(=O)/C(=C(\O)c3ccc(C)c(F)c3)C2c2ccc(Br)cc2)nc1C. The summed E-state index contributed by atoms with van der Waals surface area (Å²) >= 11 is 4.28. The number of halogens is 2. The first-order valence-electron chi connectivity index (χ1n) is 10.6. The Morgan fingerprint density at radius 3 is 2.51 bits per heavy atom. The Morgan fingerprint density at radius 1 is 1.20 bits per heavy atom. The minimum atomic E-state index is -1.05. The van der Waals surface area contributed by atoms with E-state index < -0.39 is 35.3 Å². The molecular weight excluding hydrogens is 539 g/mol. The number of nitrogens with zero attached hydrogens (tertiary/aromatic N) is 2. The van der Waals surface area contributed by atoms with Gasteiger partial charge in [0, 0.05) is 10.0 Å². The van der Waals surface area contributed by atoms with Crippen LogP contribution >= 0.6 is 27.3 Å². The van der Waals surface area contributed by atoms with Gasteiger partial charge in [0.25, 0.3) is 5.78 Å². The van der Waals surface area contributed by atoms with E-state index in [-0.39, 0.29) is 27.8 Å². The first-order valence-corrected chi connectivity index (χ1v) is 12.2. The molecule has 2 aromatic carbocycles. The number of carbonyl (C=O) groups is 3. The van der Waals surface area contributed by atoms with Crippen LogP contribution in [0, 0.1) is 19.7 Å². The van der Waals surface area contributed by atoms with E-state index in [0.29, 0.717) is 16.8 Å². The van der Waals surface area contributed by atoms with Crippen LogP contribution < -0.4 is 4.90 Å². The van der Waals surface area contributed by atoms with Crippen LogP contribution in [0.5, 0.6) is 0 Å². The maximum Gasteiger partial charge on any atom is 0.350 e. The van der Waals surface area contributed by atoms with Gasteiger partial charge in [-0.3, -0.25) is 14.5 Å². The highest BCUT2D eigenvalue weighted by Crippen LogP contribution is 2.44. The molecule has 0 bridgehead atoms. The van der Waals surface area contributed by atoms with Crippen molar-refractivity contribution in [3.05, 3.63) is 85.6 Å². The lowest BCUT2D eigenvalue weighted by Gasteiger charge is -2.23. The molecule has 3 aromatic rings. The van der Waals surface area contributed by atoms with E-state index >= 15 is 0 Å². The maximum absolute atomic E-state index is 14.2. The number of rotatable bonds is 5. The van der Waals surface area contributed by atoms with Gasteiger partial charge in [-0.1, -0.05) is 51.5 Å². The molecule has 0 saturated carbocycles. The molecule has 2 heterocycles. The van der Waals surface area contributed by atoms with Gasteiger partial charge in [0.2, 0.25) is 0 Å². The summed E-state index contributed by atoms with van der Waals surface area (Å²) in [4.78, 5) is 44.5. The summed E-state index contributed by atoms with van der Waals surface area (Å²) in [7, 11) is 0. The molecule has 35 heavy (non-hydrogen) atoms. The number of hydrogen-bond acceptors (Lipinski definition) is 7. The molecule has 7 nitrogen and oxygen atoms in total. The Kier molecular flexibility index (Phi) is 6.86. The van der Waals surface area contributed by atoms with Crippen molar-refractivity contribution >= 4 is 55.8 Å². The number of hydrogen-bond donors (Lipinski definition) is 1. The summed E-state index contributed by atoms with van der Waals surface area (Å²) in [6.07, 6.45) is 0. The quantitative estimate of drug-likeness (QED) is 0.193. The summed E-state index contributed by atoms with van der Waals surface area (Å²) in [6.45, 7) is 5.02. The number of aliphatic hydroxyl groups is 1. The Labute approximate surface area is 213 Å². The maximum atomic E-state index is 14.2. The van der Waals surface area contributed by atoms with Gasteiger partial charge in [-0.25, -0.2) is 14.2 Å². The molecule has 10 heteroatoms. The number of thiazole rings is 1. The monoisotopic (exact) mass is 558 g/mol. The first kappa shape index (κ1) is 24.7. The van der Waals surface area contributed by atoms with Gasteiger partial charge >= 0.3 is 11.9 Å². The summed E-state index contributed by atoms with van der Waals surface area (Å²) in [5, 5.41) is 11.2. The second-order valence-electron chi connectivity index (χ2n) is 7.82. The summed E-state index contributed by atoms with van der Waals surface area (Å²) in [5.41, 5.74) is 1.10. The normalized spacial score (nSPS) is 17.2. The number of Topliss-reactive ketones (excluding diaryl/α,β-unsaturated/α-hetero) is 1. The van der Waals surface area contributed by atoms with Crippen LogP contribution in [-0.2, 0) is 14.3 Å². The summed E-state index contributed by atoms with van der Waals surface area (Å²) in [6, 6.07) is 9.89. The number of benzene rings is 2. The van der Waals surface area contributed by atoms with Crippen LogP contribution in [-0.4, -0.2) is 34.4 Å². The van der Waals surface area contributed by atoms with Gasteiger partial charge in [0.05, 0.1) is 23.9 Å². The zero-order chi connectivity index (χ0) is 25.4. The van der Waals surface area contributed by atoms with Crippen molar-refractivity contribution in [1.82, 2.24) is 4.98 Å². The van der Waals surface area contributed by atoms with Crippen molar-refractivity contribution in [3.8, 4) is 0 Å². The van der Waals surface area contributed by atoms with Gasteiger partial charge in [0.15, 0.2) is 5.13 Å². The number of aliphatic hydroxyl groups excluding tert-OH is 1. The Bertz CT molecular complexity index is 1380. The van der Waals surface area contributed by atoms with Crippen LogP contribution in [0.2, 0.25) is 0 Å². The number of esters is 1. The number of aromatic nitrogens is 1. The third kappa shape index (κ3) is 4.51. The number of carbonyl (C=O) groups excluding carboxylic acids is 3. The van der Waals surface area contributed by atoms with E-state index in [2.05, 4.69) is 20.9 Å². The van der Waals surface area contributed by atoms with Crippen LogP contribution in [0.1, 0.15) is 45.0 Å². The molecular formula is C25H20BrFN2O5S. The van der Waals surface area contributed by atoms with Crippen molar-refractivity contribution in [2.75, 3.05) is 11.5 Å². The molecule has 0 spiro atoms. The average Bonchev–Trinajstić information content (AvgIpc) is 3.33. The third-order valence-electron chi connectivity index (χ3n) is 5.53. The van der Waals surface area contributed by atoms with E-state index in [1.165, 1.54) is 12.1 Å². The molecule has 0 aliphatic carbocycles. The molecule has 1 saturated heterocycles. The fourth-order valence-corrected chi connectivity index (χ4v) is 5.01. The smallest absolute Gasteiger partial charge is 0.350 e. The number of aryl methyl sites for hydroxylation is 2. The summed E-state index contributed by atoms with van der Waals surface area (Å²) in [5.74, 6) is -3.51. The van der Waals surface area contributed by atoms with Crippen molar-refractivity contribution in [2.24, 2.45) is 0 Å². The van der Waals surface area contributed by atoms with Crippen LogP contribution in [0.25, 0.3) is 5.76 Å². The number of ketones is 1. The van der Waals surface area contributed by atoms with E-state index in [9.17, 15) is 23.9 Å². The molecule has 1 fully saturated rings. The average molecular weight is 559 g/mol. The molecule has 1 atom stereocenters. The molecule has 4 rings (SSSR count). The Balaban J connectivity index is 1.92. The highest BCUT2D eigenvalue weighted by molar-refractivity contribution is 9.10. The number of ether oxygens (including phenoxy) is 1. The van der Waals surface area contributed by atoms with Gasteiger partial charge in [-0.15, -0.1) is 0 Å². The summed E-state index contributed by atoms with van der Waals surface area (Å²) < 4.78 is 20.1. The zero-order valence-corrected chi connectivity index (χ0v) is 21.4. The standard InChI is InChI=1S/C25H20BrFN2O5S/c1-4-34-24(33)22-13(3)28-25(35-22)29-19(14-7-9-16(26)10-8-14)18(21(31)23(29)32)20(30)15-6-5-12(2)17(27)11-15/h5-11,19,30H,4H2,1-3H3/b20-18-. The topological polar surface area (TPSA) is 96.8 Å². The van der Waals surface area contributed by atoms with Gasteiger partial charge in [-0.05, 0) is 50.1 Å². The largest absolute Gasteiger partial charge is 0.507 e. The molecule has 0 radical (unpaired) electrons. The van der Waals surface area contributed by atoms with Gasteiger partial charge in [0.1, 0.15) is 16.5 Å². The highest BCUT2D eigenvalue weighted by atomic mass is 79.9. The molecule has 1 N–H and O–H groups in total. The predicted octanol–water partition coefficient (Wildman–Crippen LogP) is 5.46. The molecule has 1 aliphatic rings. The number of amides is 1. The van der Waals surface area contributed by atoms with Crippen molar-refractivity contribution < 1.29 is 28.6 Å². The Morgan fingerprint density at radius 2 is 1.89 bits per heavy atom. The fraction of sp³-hybridized carbons (Fsp3) is 0.200. The minimum Gasteiger partial charge on any atom is -0.507 e. The molecule has 1 amide bonds. The van der Waals surface area contributed by atoms with Crippen LogP contribution in [0.4, 0.5) is 9.52 Å². The van der Waals surface area contributed by atoms with E-state index in [1.54, 1.807) is 45.0 Å². The second kappa shape index (κ2) is 9.71. The van der Waals surface area contributed by atoms with Crippen molar-refractivity contribution in [3.63, 3.8) is 0 Å². The highest BCUT2D eigenvalue weighted by Gasteiger charge is 2.48. The lowest BCUT2D eigenvalue weighted by atomic mass is 9.95. The van der Waals surface area contributed by atoms with Crippen LogP contribution in [0.15, 0.2) is 52.5 Å². The molecule has 180 valence electrons. The van der Waals surface area contributed by atoms with Crippen molar-refractivity contribution in [1.29, 1.82) is 0 Å². The molecule has 1 aliphatic heterocycles. The zero-order valence-electron chi connectivity index (χ0n) is 19.0.